The standard InChI is InChI=1S/C29H29ClN2O/c1-29(2,3)20-14-12-18(13-15-20)19-16-25-27(26(33)17-19)28(21-8-4-5-9-22(21)30)32-24-11-7-6-10-23(24)31-25/h4-15,19,28,31-32H,16-17H2,1-3H3/t19-,28+/m0/s1. The number of ketones is 1. The Morgan fingerprint density at radius 3 is 2.21 bits per heavy atom. The van der Waals surface area contributed by atoms with E-state index in [-0.39, 0.29) is 23.2 Å². The highest BCUT2D eigenvalue weighted by molar-refractivity contribution is 6.31. The van der Waals surface area contributed by atoms with Crippen LogP contribution in [0.4, 0.5) is 11.4 Å². The fourth-order valence-electron chi connectivity index (χ4n) is 4.93. The van der Waals surface area contributed by atoms with E-state index in [4.69, 9.17) is 11.6 Å². The molecule has 2 aliphatic rings. The van der Waals surface area contributed by atoms with Crippen LogP contribution in [-0.2, 0) is 10.2 Å². The van der Waals surface area contributed by atoms with Gasteiger partial charge in [-0.25, -0.2) is 0 Å². The molecule has 0 spiro atoms. The maximum Gasteiger partial charge on any atom is 0.163 e. The lowest BCUT2D eigenvalue weighted by Crippen LogP contribution is -2.27. The number of hydrogen-bond acceptors (Lipinski definition) is 3. The predicted octanol–water partition coefficient (Wildman–Crippen LogP) is 7.62. The fourth-order valence-corrected chi connectivity index (χ4v) is 5.17. The lowest BCUT2D eigenvalue weighted by atomic mass is 9.77. The molecule has 3 aromatic rings. The van der Waals surface area contributed by atoms with Gasteiger partial charge in [-0.05, 0) is 52.6 Å². The van der Waals surface area contributed by atoms with E-state index in [1.165, 1.54) is 11.1 Å². The first-order chi connectivity index (χ1) is 15.8. The molecule has 4 heteroatoms. The number of Topliss-reactive ketones (excluding diaryl/α,β-unsaturated/α-hetero) is 1. The number of allylic oxidation sites excluding steroid dienone is 1. The van der Waals surface area contributed by atoms with Gasteiger partial charge in [-0.1, -0.05) is 87.0 Å². The normalized spacial score (nSPS) is 20.3. The van der Waals surface area contributed by atoms with E-state index in [1.807, 2.05) is 48.5 Å². The van der Waals surface area contributed by atoms with E-state index >= 15 is 0 Å². The van der Waals surface area contributed by atoms with Gasteiger partial charge in [0.2, 0.25) is 0 Å². The van der Waals surface area contributed by atoms with Gasteiger partial charge >= 0.3 is 0 Å². The number of hydrogen-bond donors (Lipinski definition) is 2. The van der Waals surface area contributed by atoms with Gasteiger partial charge in [-0.3, -0.25) is 4.79 Å². The van der Waals surface area contributed by atoms with Crippen molar-refractivity contribution in [3.63, 3.8) is 0 Å². The van der Waals surface area contributed by atoms with Gasteiger partial charge in [0, 0.05) is 22.7 Å². The van der Waals surface area contributed by atoms with E-state index in [0.717, 1.165) is 34.6 Å². The minimum absolute atomic E-state index is 0.108. The number of rotatable bonds is 2. The van der Waals surface area contributed by atoms with Crippen LogP contribution in [0.5, 0.6) is 0 Å². The Labute approximate surface area is 200 Å². The average molecular weight is 457 g/mol. The van der Waals surface area contributed by atoms with E-state index in [9.17, 15) is 4.79 Å². The van der Waals surface area contributed by atoms with Gasteiger partial charge in [-0.15, -0.1) is 0 Å². The number of halogens is 1. The van der Waals surface area contributed by atoms with Crippen LogP contribution < -0.4 is 10.6 Å². The number of para-hydroxylation sites is 2. The third kappa shape index (κ3) is 4.18. The lowest BCUT2D eigenvalue weighted by molar-refractivity contribution is -0.116. The van der Waals surface area contributed by atoms with Crippen molar-refractivity contribution in [1.82, 2.24) is 0 Å². The maximum absolute atomic E-state index is 13.7. The molecule has 33 heavy (non-hydrogen) atoms. The highest BCUT2D eigenvalue weighted by Crippen LogP contribution is 2.45. The van der Waals surface area contributed by atoms with Gasteiger partial charge in [-0.2, -0.15) is 0 Å². The monoisotopic (exact) mass is 456 g/mol. The SMILES string of the molecule is CC(C)(C)c1ccc([C@@H]2CC(=O)C3=C(C2)Nc2ccccc2N[C@@H]3c2ccccc2Cl)cc1. The van der Waals surface area contributed by atoms with E-state index in [2.05, 4.69) is 55.7 Å². The molecule has 0 radical (unpaired) electrons. The van der Waals surface area contributed by atoms with Crippen LogP contribution in [0, 0.1) is 0 Å². The molecular formula is C29H29ClN2O. The molecule has 5 rings (SSSR count). The van der Waals surface area contributed by atoms with Gasteiger partial charge in [0.05, 0.1) is 17.4 Å². The van der Waals surface area contributed by atoms with E-state index < -0.39 is 0 Å². The van der Waals surface area contributed by atoms with Crippen molar-refractivity contribution in [1.29, 1.82) is 0 Å². The molecule has 3 nitrogen and oxygen atoms in total. The summed E-state index contributed by atoms with van der Waals surface area (Å²) in [5.41, 5.74) is 7.28. The summed E-state index contributed by atoms with van der Waals surface area (Å²) in [5.74, 6) is 0.314. The molecule has 2 atom stereocenters. The summed E-state index contributed by atoms with van der Waals surface area (Å²) in [4.78, 5) is 13.7. The van der Waals surface area contributed by atoms with Gasteiger partial charge < -0.3 is 10.6 Å². The van der Waals surface area contributed by atoms with Crippen LogP contribution in [0.3, 0.4) is 0 Å². The second kappa shape index (κ2) is 8.39. The molecule has 0 unspecified atom stereocenters. The zero-order valence-electron chi connectivity index (χ0n) is 19.3. The van der Waals surface area contributed by atoms with Crippen molar-refractivity contribution in [3.05, 3.63) is 106 Å². The molecule has 0 saturated carbocycles. The smallest absolute Gasteiger partial charge is 0.163 e. The number of anilines is 2. The Bertz CT molecular complexity index is 1240. The second-order valence-corrected chi connectivity index (χ2v) is 10.5. The van der Waals surface area contributed by atoms with Crippen LogP contribution in [0.25, 0.3) is 0 Å². The Morgan fingerprint density at radius 2 is 1.52 bits per heavy atom. The lowest BCUT2D eigenvalue weighted by Gasteiger charge is -2.30. The van der Waals surface area contributed by atoms with E-state index in [1.54, 1.807) is 0 Å². The summed E-state index contributed by atoms with van der Waals surface area (Å²) in [6.07, 6.45) is 1.28. The quantitative estimate of drug-likeness (QED) is 0.416. The highest BCUT2D eigenvalue weighted by Gasteiger charge is 2.36. The summed E-state index contributed by atoms with van der Waals surface area (Å²) in [7, 11) is 0. The van der Waals surface area contributed by atoms with E-state index in [0.29, 0.717) is 11.4 Å². The number of carbonyl (C=O) groups is 1. The Hall–Kier alpha value is -3.04. The predicted molar refractivity (Wildman–Crippen MR) is 137 cm³/mol. The first-order valence-electron chi connectivity index (χ1n) is 11.5. The summed E-state index contributed by atoms with van der Waals surface area (Å²) >= 11 is 6.60. The third-order valence-corrected chi connectivity index (χ3v) is 7.12. The zero-order valence-corrected chi connectivity index (χ0v) is 20.0. The zero-order chi connectivity index (χ0) is 23.2. The van der Waals surface area contributed by atoms with Gasteiger partial charge in [0.25, 0.3) is 0 Å². The van der Waals surface area contributed by atoms with Crippen LogP contribution in [0.1, 0.15) is 62.3 Å². The molecule has 1 heterocycles. The van der Waals surface area contributed by atoms with Crippen LogP contribution in [0.15, 0.2) is 84.1 Å². The van der Waals surface area contributed by atoms with Crippen molar-refractivity contribution < 1.29 is 4.79 Å². The Kier molecular flexibility index (Phi) is 5.54. The van der Waals surface area contributed by atoms with Crippen molar-refractivity contribution in [2.24, 2.45) is 0 Å². The molecular weight excluding hydrogens is 428 g/mol. The molecule has 0 saturated heterocycles. The van der Waals surface area contributed by atoms with Crippen LogP contribution in [0.2, 0.25) is 5.02 Å². The number of benzene rings is 3. The minimum Gasteiger partial charge on any atom is -0.372 e. The minimum atomic E-state index is -0.290. The molecule has 1 aliphatic carbocycles. The van der Waals surface area contributed by atoms with Crippen molar-refractivity contribution >= 4 is 28.8 Å². The molecule has 0 aromatic heterocycles. The second-order valence-electron chi connectivity index (χ2n) is 10.1. The average Bonchev–Trinajstić information content (AvgIpc) is 2.95. The largest absolute Gasteiger partial charge is 0.372 e. The summed E-state index contributed by atoms with van der Waals surface area (Å²) in [6, 6.07) is 24.4. The maximum atomic E-state index is 13.7. The topological polar surface area (TPSA) is 41.1 Å². The van der Waals surface area contributed by atoms with Gasteiger partial charge in [0.15, 0.2) is 5.78 Å². The molecule has 2 N–H and O–H groups in total. The molecule has 1 aliphatic heterocycles. The summed E-state index contributed by atoms with van der Waals surface area (Å²) in [6.45, 7) is 6.66. The first-order valence-corrected chi connectivity index (χ1v) is 11.9. The number of fused-ring (bicyclic) bond motifs is 1. The first kappa shape index (κ1) is 21.8. The summed E-state index contributed by atoms with van der Waals surface area (Å²) in [5, 5.41) is 7.86. The molecule has 0 fully saturated rings. The molecule has 0 bridgehead atoms. The molecule has 3 aromatic carbocycles. The number of carbonyl (C=O) groups excluding carboxylic acids is 1. The number of nitrogens with one attached hydrogen (secondary N) is 2. The van der Waals surface area contributed by atoms with Crippen molar-refractivity contribution in [3.8, 4) is 0 Å². The summed E-state index contributed by atoms with van der Waals surface area (Å²) < 4.78 is 0. The van der Waals surface area contributed by atoms with Crippen molar-refractivity contribution in [2.45, 2.75) is 51.0 Å². The Balaban J connectivity index is 1.56. The van der Waals surface area contributed by atoms with Crippen LogP contribution in [-0.4, -0.2) is 5.78 Å². The Morgan fingerprint density at radius 1 is 0.848 bits per heavy atom. The van der Waals surface area contributed by atoms with Gasteiger partial charge in [0.1, 0.15) is 0 Å². The molecule has 168 valence electrons. The highest BCUT2D eigenvalue weighted by atomic mass is 35.5. The third-order valence-electron chi connectivity index (χ3n) is 6.77. The molecule has 0 amide bonds. The fraction of sp³-hybridized carbons (Fsp3) is 0.276. The van der Waals surface area contributed by atoms with Crippen molar-refractivity contribution in [2.75, 3.05) is 10.6 Å². The van der Waals surface area contributed by atoms with Crippen LogP contribution >= 0.6 is 11.6 Å².